The molecule has 0 aliphatic rings. The maximum absolute atomic E-state index is 6.19. The fraction of sp³-hybridized carbons (Fsp3) is 0.600. The van der Waals surface area contributed by atoms with E-state index in [2.05, 4.69) is 26.1 Å². The van der Waals surface area contributed by atoms with Crippen LogP contribution in [0.2, 0.25) is 10.0 Å². The second-order valence-electron chi connectivity index (χ2n) is 5.16. The zero-order valence-electron chi connectivity index (χ0n) is 11.5. The highest BCUT2D eigenvalue weighted by atomic mass is 35.5. The van der Waals surface area contributed by atoms with Gasteiger partial charge in [-0.3, -0.25) is 0 Å². The maximum atomic E-state index is 6.19. The summed E-state index contributed by atoms with van der Waals surface area (Å²) in [6.07, 6.45) is 3.33. The largest absolute Gasteiger partial charge is 0.314 e. The Morgan fingerprint density at radius 1 is 1.22 bits per heavy atom. The van der Waals surface area contributed by atoms with Gasteiger partial charge in [0, 0.05) is 16.1 Å². The first kappa shape index (κ1) is 15.8. The Morgan fingerprint density at radius 3 is 2.50 bits per heavy atom. The van der Waals surface area contributed by atoms with Gasteiger partial charge in [0.05, 0.1) is 0 Å². The number of nitrogens with one attached hydrogen (secondary N) is 1. The molecular formula is C15H23Cl2N. The summed E-state index contributed by atoms with van der Waals surface area (Å²) < 4.78 is 0. The highest BCUT2D eigenvalue weighted by Gasteiger charge is 2.11. The summed E-state index contributed by atoms with van der Waals surface area (Å²) in [5.74, 6) is 0.717. The van der Waals surface area contributed by atoms with Crippen LogP contribution < -0.4 is 5.32 Å². The lowest BCUT2D eigenvalue weighted by Crippen LogP contribution is -2.30. The van der Waals surface area contributed by atoms with Gasteiger partial charge in [-0.15, -0.1) is 0 Å². The van der Waals surface area contributed by atoms with Crippen molar-refractivity contribution in [1.82, 2.24) is 5.32 Å². The minimum absolute atomic E-state index is 0.571. The molecule has 1 aromatic carbocycles. The number of benzene rings is 1. The van der Waals surface area contributed by atoms with E-state index in [1.165, 1.54) is 12.0 Å². The molecule has 0 radical (unpaired) electrons. The Morgan fingerprint density at radius 2 is 1.94 bits per heavy atom. The Balaban J connectivity index is 2.55. The molecule has 1 atom stereocenters. The molecule has 1 nitrogen and oxygen atoms in total. The molecule has 102 valence electrons. The molecule has 0 amide bonds. The summed E-state index contributed by atoms with van der Waals surface area (Å²) in [6.45, 7) is 7.70. The van der Waals surface area contributed by atoms with Crippen LogP contribution in [0.4, 0.5) is 0 Å². The number of hydrogen-bond donors (Lipinski definition) is 1. The molecule has 0 saturated carbocycles. The van der Waals surface area contributed by atoms with E-state index in [1.54, 1.807) is 0 Å². The Hall–Kier alpha value is -0.240. The summed E-state index contributed by atoms with van der Waals surface area (Å²) in [5.41, 5.74) is 1.19. The van der Waals surface area contributed by atoms with Gasteiger partial charge in [0.15, 0.2) is 0 Å². The van der Waals surface area contributed by atoms with Crippen LogP contribution >= 0.6 is 23.2 Å². The maximum Gasteiger partial charge on any atom is 0.0452 e. The van der Waals surface area contributed by atoms with E-state index >= 15 is 0 Å². The van der Waals surface area contributed by atoms with Crippen LogP contribution in [0.1, 0.15) is 39.2 Å². The molecule has 0 heterocycles. The molecule has 0 saturated heterocycles. The fourth-order valence-corrected chi connectivity index (χ4v) is 2.72. The highest BCUT2D eigenvalue weighted by molar-refractivity contribution is 6.35. The van der Waals surface area contributed by atoms with Crippen LogP contribution in [-0.4, -0.2) is 12.6 Å². The van der Waals surface area contributed by atoms with Crippen molar-refractivity contribution in [1.29, 1.82) is 0 Å². The average Bonchev–Trinajstić information content (AvgIpc) is 2.27. The zero-order chi connectivity index (χ0) is 13.5. The van der Waals surface area contributed by atoms with E-state index in [0.29, 0.717) is 11.1 Å². The van der Waals surface area contributed by atoms with Gasteiger partial charge in [0.25, 0.3) is 0 Å². The molecule has 1 aromatic rings. The summed E-state index contributed by atoms with van der Waals surface area (Å²) in [5, 5.41) is 5.03. The van der Waals surface area contributed by atoms with Crippen LogP contribution in [-0.2, 0) is 6.42 Å². The van der Waals surface area contributed by atoms with Crippen LogP contribution in [0.3, 0.4) is 0 Å². The van der Waals surface area contributed by atoms with E-state index in [1.807, 2.05) is 18.2 Å². The lowest BCUT2D eigenvalue weighted by atomic mass is 9.97. The van der Waals surface area contributed by atoms with Crippen molar-refractivity contribution < 1.29 is 0 Å². The lowest BCUT2D eigenvalue weighted by Gasteiger charge is -2.20. The van der Waals surface area contributed by atoms with Crippen molar-refractivity contribution >= 4 is 23.2 Å². The lowest BCUT2D eigenvalue weighted by molar-refractivity contribution is 0.405. The third-order valence-electron chi connectivity index (χ3n) is 3.03. The molecule has 0 aromatic heterocycles. The first-order chi connectivity index (χ1) is 8.52. The number of hydrogen-bond acceptors (Lipinski definition) is 1. The van der Waals surface area contributed by atoms with Crippen molar-refractivity contribution in [3.8, 4) is 0 Å². The van der Waals surface area contributed by atoms with E-state index in [0.717, 1.165) is 30.3 Å². The quantitative estimate of drug-likeness (QED) is 0.748. The fourth-order valence-electron chi connectivity index (χ4n) is 2.22. The molecule has 0 bridgehead atoms. The van der Waals surface area contributed by atoms with Gasteiger partial charge in [0.1, 0.15) is 0 Å². The molecule has 0 aliphatic heterocycles. The van der Waals surface area contributed by atoms with Gasteiger partial charge < -0.3 is 5.32 Å². The number of aryl methyl sites for hydroxylation is 1. The molecule has 3 heteroatoms. The van der Waals surface area contributed by atoms with Crippen molar-refractivity contribution in [3.63, 3.8) is 0 Å². The van der Waals surface area contributed by atoms with Crippen molar-refractivity contribution in [2.45, 2.75) is 46.1 Å². The second-order valence-corrected chi connectivity index (χ2v) is 6.00. The standard InChI is InChI=1S/C15H23Cl2N/c1-4-18-14(9-11(2)3)8-6-12-5-7-13(16)10-15(12)17/h5,7,10-11,14,18H,4,6,8-9H2,1-3H3. The number of rotatable bonds is 7. The van der Waals surface area contributed by atoms with E-state index < -0.39 is 0 Å². The molecule has 0 fully saturated rings. The molecule has 1 rings (SSSR count). The summed E-state index contributed by atoms with van der Waals surface area (Å²) in [7, 11) is 0. The summed E-state index contributed by atoms with van der Waals surface area (Å²) >= 11 is 12.1. The first-order valence-corrected chi connectivity index (χ1v) is 7.45. The van der Waals surface area contributed by atoms with Crippen molar-refractivity contribution in [2.75, 3.05) is 6.54 Å². The predicted molar refractivity (Wildman–Crippen MR) is 81.7 cm³/mol. The van der Waals surface area contributed by atoms with Crippen LogP contribution in [0.25, 0.3) is 0 Å². The third-order valence-corrected chi connectivity index (χ3v) is 3.61. The minimum atomic E-state index is 0.571. The van der Waals surface area contributed by atoms with E-state index in [-0.39, 0.29) is 0 Å². The van der Waals surface area contributed by atoms with Crippen molar-refractivity contribution in [2.24, 2.45) is 5.92 Å². The molecular weight excluding hydrogens is 265 g/mol. The highest BCUT2D eigenvalue weighted by Crippen LogP contribution is 2.23. The van der Waals surface area contributed by atoms with Crippen LogP contribution in [0.15, 0.2) is 18.2 Å². The van der Waals surface area contributed by atoms with Crippen LogP contribution in [0.5, 0.6) is 0 Å². The SMILES string of the molecule is CCNC(CCc1ccc(Cl)cc1Cl)CC(C)C. The Kier molecular flexibility index (Phi) is 7.06. The molecule has 1 N–H and O–H groups in total. The van der Waals surface area contributed by atoms with E-state index in [4.69, 9.17) is 23.2 Å². The molecule has 1 unspecified atom stereocenters. The van der Waals surface area contributed by atoms with Gasteiger partial charge in [-0.25, -0.2) is 0 Å². The smallest absolute Gasteiger partial charge is 0.0452 e. The monoisotopic (exact) mass is 287 g/mol. The molecule has 18 heavy (non-hydrogen) atoms. The topological polar surface area (TPSA) is 12.0 Å². The molecule has 0 spiro atoms. The van der Waals surface area contributed by atoms with Gasteiger partial charge in [-0.2, -0.15) is 0 Å². The van der Waals surface area contributed by atoms with Crippen LogP contribution in [0, 0.1) is 5.92 Å². The molecule has 0 aliphatic carbocycles. The number of halogens is 2. The van der Waals surface area contributed by atoms with Gasteiger partial charge >= 0.3 is 0 Å². The normalized spacial score (nSPS) is 13.0. The zero-order valence-corrected chi connectivity index (χ0v) is 13.0. The Labute approximate surface area is 121 Å². The van der Waals surface area contributed by atoms with E-state index in [9.17, 15) is 0 Å². The van der Waals surface area contributed by atoms with Gasteiger partial charge in [-0.1, -0.05) is 50.0 Å². The minimum Gasteiger partial charge on any atom is -0.314 e. The second kappa shape index (κ2) is 8.04. The third kappa shape index (κ3) is 5.60. The van der Waals surface area contributed by atoms with Gasteiger partial charge in [-0.05, 0) is 49.4 Å². The van der Waals surface area contributed by atoms with Gasteiger partial charge in [0.2, 0.25) is 0 Å². The first-order valence-electron chi connectivity index (χ1n) is 6.70. The average molecular weight is 288 g/mol. The summed E-state index contributed by atoms with van der Waals surface area (Å²) in [6, 6.07) is 6.33. The van der Waals surface area contributed by atoms with Crippen molar-refractivity contribution in [3.05, 3.63) is 33.8 Å². The Bertz CT molecular complexity index is 364. The summed E-state index contributed by atoms with van der Waals surface area (Å²) in [4.78, 5) is 0. The predicted octanol–water partition coefficient (Wildman–Crippen LogP) is 4.95.